The van der Waals surface area contributed by atoms with Crippen molar-refractivity contribution in [2.75, 3.05) is 0 Å². The number of allylic oxidation sites excluding steroid dienone is 4. The van der Waals surface area contributed by atoms with E-state index in [4.69, 9.17) is 0 Å². The van der Waals surface area contributed by atoms with Gasteiger partial charge in [-0.05, 0) is 25.2 Å². The predicted octanol–water partition coefficient (Wildman–Crippen LogP) is 3.31. The van der Waals surface area contributed by atoms with E-state index < -0.39 is 0 Å². The predicted molar refractivity (Wildman–Crippen MR) is 45.9 cm³/mol. The molecule has 0 aromatic carbocycles. The Morgan fingerprint density at radius 1 is 1.40 bits per heavy atom. The van der Waals surface area contributed by atoms with Crippen molar-refractivity contribution in [1.29, 1.82) is 0 Å². The first-order valence-electron chi connectivity index (χ1n) is 4.13. The Kier molecular flexibility index (Phi) is 2.73. The summed E-state index contributed by atoms with van der Waals surface area (Å²) >= 11 is 0. The van der Waals surface area contributed by atoms with Gasteiger partial charge in [0.05, 0.1) is 0 Å². The molecule has 0 aromatic rings. The van der Waals surface area contributed by atoms with E-state index in [1.165, 1.54) is 12.8 Å². The third-order valence-corrected chi connectivity index (χ3v) is 1.60. The summed E-state index contributed by atoms with van der Waals surface area (Å²) in [4.78, 5) is 0. The van der Waals surface area contributed by atoms with Crippen LogP contribution in [-0.2, 0) is 0 Å². The summed E-state index contributed by atoms with van der Waals surface area (Å²) in [5.74, 6) is 0.706. The van der Waals surface area contributed by atoms with Gasteiger partial charge in [0.1, 0.15) is 0 Å². The maximum Gasteiger partial charge on any atom is -0.0166 e. The van der Waals surface area contributed by atoms with Crippen molar-refractivity contribution in [2.24, 2.45) is 5.92 Å². The summed E-state index contributed by atoms with van der Waals surface area (Å²) in [5, 5.41) is 0. The Labute approximate surface area is 63.6 Å². The molecular weight excluding hydrogens is 120 g/mol. The molecule has 0 bridgehead atoms. The quantitative estimate of drug-likeness (QED) is 0.522. The van der Waals surface area contributed by atoms with Crippen LogP contribution in [-0.4, -0.2) is 0 Å². The van der Waals surface area contributed by atoms with Crippen molar-refractivity contribution in [3.05, 3.63) is 23.8 Å². The van der Waals surface area contributed by atoms with E-state index in [-0.39, 0.29) is 0 Å². The second kappa shape index (κ2) is 3.60. The first-order valence-corrected chi connectivity index (χ1v) is 4.13. The molecule has 0 unspecified atom stereocenters. The molecule has 1 saturated carbocycles. The third-order valence-electron chi connectivity index (χ3n) is 1.60. The molecule has 0 nitrogen and oxygen atoms in total. The lowest BCUT2D eigenvalue weighted by Crippen LogP contribution is -1.75. The van der Waals surface area contributed by atoms with Crippen molar-refractivity contribution in [1.82, 2.24) is 0 Å². The van der Waals surface area contributed by atoms with Crippen LogP contribution in [0.4, 0.5) is 0 Å². The van der Waals surface area contributed by atoms with Gasteiger partial charge in [-0.15, -0.1) is 0 Å². The summed E-state index contributed by atoms with van der Waals surface area (Å²) < 4.78 is 0. The fourth-order valence-electron chi connectivity index (χ4n) is 0.862. The van der Waals surface area contributed by atoms with Crippen LogP contribution in [0.3, 0.4) is 0 Å². The van der Waals surface area contributed by atoms with Crippen LogP contribution in [0.2, 0.25) is 0 Å². The van der Waals surface area contributed by atoms with E-state index in [9.17, 15) is 0 Å². The van der Waals surface area contributed by atoms with Crippen molar-refractivity contribution < 1.29 is 0 Å². The minimum absolute atomic E-state index is 0.706. The van der Waals surface area contributed by atoms with E-state index in [2.05, 4.69) is 32.1 Å². The summed E-state index contributed by atoms with van der Waals surface area (Å²) in [6.45, 7) is 4.42. The number of rotatable bonds is 3. The Bertz CT molecular complexity index is 143. The van der Waals surface area contributed by atoms with Crippen molar-refractivity contribution in [3.63, 3.8) is 0 Å². The lowest BCUT2D eigenvalue weighted by atomic mass is 10.2. The van der Waals surface area contributed by atoms with Crippen LogP contribution in [0.1, 0.15) is 33.1 Å². The summed E-state index contributed by atoms with van der Waals surface area (Å²) in [5.41, 5.74) is 1.65. The maximum absolute atomic E-state index is 2.35. The Balaban J connectivity index is 2.09. The average Bonchev–Trinajstić information content (AvgIpc) is 2.62. The molecule has 10 heavy (non-hydrogen) atoms. The highest BCUT2D eigenvalue weighted by molar-refractivity contribution is 5.17. The smallest absolute Gasteiger partial charge is 0.0166 e. The molecule has 56 valence electrons. The Morgan fingerprint density at radius 2 is 2.10 bits per heavy atom. The van der Waals surface area contributed by atoms with Crippen LogP contribution in [0, 0.1) is 5.92 Å². The summed E-state index contributed by atoms with van der Waals surface area (Å²) in [6.07, 6.45) is 10.7. The minimum atomic E-state index is 0.706. The van der Waals surface area contributed by atoms with Gasteiger partial charge < -0.3 is 0 Å². The van der Waals surface area contributed by atoms with Crippen LogP contribution in [0.15, 0.2) is 23.8 Å². The van der Waals surface area contributed by atoms with Crippen molar-refractivity contribution in [2.45, 2.75) is 33.1 Å². The fraction of sp³-hybridized carbons (Fsp3) is 0.600. The zero-order valence-corrected chi connectivity index (χ0v) is 6.93. The third kappa shape index (κ3) is 3.49. The molecule has 0 aliphatic heterocycles. The molecule has 0 radical (unpaired) electrons. The molecule has 0 heterocycles. The van der Waals surface area contributed by atoms with Crippen LogP contribution in [0.25, 0.3) is 0 Å². The van der Waals surface area contributed by atoms with Gasteiger partial charge in [-0.25, -0.2) is 0 Å². The first-order chi connectivity index (χ1) is 4.79. The van der Waals surface area contributed by atoms with E-state index in [0.29, 0.717) is 5.92 Å². The fourth-order valence-corrected chi connectivity index (χ4v) is 0.862. The first kappa shape index (κ1) is 7.59. The molecule has 0 heteroatoms. The molecule has 0 aromatic heterocycles. The molecule has 0 spiro atoms. The van der Waals surface area contributed by atoms with E-state index in [1.807, 2.05) is 0 Å². The van der Waals surface area contributed by atoms with Crippen molar-refractivity contribution in [3.8, 4) is 0 Å². The highest BCUT2D eigenvalue weighted by Gasteiger charge is 2.08. The van der Waals surface area contributed by atoms with Gasteiger partial charge in [0, 0.05) is 0 Å². The lowest BCUT2D eigenvalue weighted by molar-refractivity contribution is 0.828. The van der Waals surface area contributed by atoms with Gasteiger partial charge in [-0.3, -0.25) is 0 Å². The van der Waals surface area contributed by atoms with Gasteiger partial charge in [-0.1, -0.05) is 37.6 Å². The average molecular weight is 136 g/mol. The summed E-state index contributed by atoms with van der Waals surface area (Å²) in [7, 11) is 0. The highest BCUT2D eigenvalue weighted by Crippen LogP contribution is 2.27. The maximum atomic E-state index is 2.35. The Hall–Kier alpha value is -0.520. The monoisotopic (exact) mass is 136 g/mol. The molecule has 0 amide bonds. The Morgan fingerprint density at radius 3 is 2.60 bits per heavy atom. The highest BCUT2D eigenvalue weighted by atomic mass is 14.1. The summed E-state index contributed by atoms with van der Waals surface area (Å²) in [6, 6.07) is 0. The molecule has 0 atom stereocenters. The van der Waals surface area contributed by atoms with E-state index in [0.717, 1.165) is 6.42 Å². The topological polar surface area (TPSA) is 0 Å². The van der Waals surface area contributed by atoms with E-state index in [1.54, 1.807) is 5.57 Å². The van der Waals surface area contributed by atoms with Crippen LogP contribution >= 0.6 is 0 Å². The molecule has 0 saturated heterocycles. The van der Waals surface area contributed by atoms with E-state index >= 15 is 0 Å². The second-order valence-electron chi connectivity index (χ2n) is 3.27. The number of hydrogen-bond acceptors (Lipinski definition) is 0. The van der Waals surface area contributed by atoms with Gasteiger partial charge in [0.2, 0.25) is 0 Å². The van der Waals surface area contributed by atoms with Gasteiger partial charge in [0.25, 0.3) is 0 Å². The molecule has 1 aliphatic carbocycles. The van der Waals surface area contributed by atoms with Gasteiger partial charge >= 0.3 is 0 Å². The standard InChI is InChI=1S/C10H16/c1-9(2)5-3-4-6-10-7-8-10/h3,5-6,9H,4,7-8H2,1-2H3. The minimum Gasteiger partial charge on any atom is -0.0857 e. The van der Waals surface area contributed by atoms with Crippen LogP contribution in [0.5, 0.6) is 0 Å². The molecular formula is C10H16. The van der Waals surface area contributed by atoms with Gasteiger partial charge in [0.15, 0.2) is 0 Å². The molecule has 1 aliphatic rings. The SMILES string of the molecule is CC(C)C=CCC=C1CC1. The van der Waals surface area contributed by atoms with Gasteiger partial charge in [-0.2, -0.15) is 0 Å². The molecule has 1 fully saturated rings. The molecule has 0 N–H and O–H groups in total. The number of hydrogen-bond donors (Lipinski definition) is 0. The second-order valence-corrected chi connectivity index (χ2v) is 3.27. The van der Waals surface area contributed by atoms with Crippen LogP contribution < -0.4 is 0 Å². The normalized spacial score (nSPS) is 16.9. The largest absolute Gasteiger partial charge is 0.0857 e. The zero-order valence-electron chi connectivity index (χ0n) is 6.93. The lowest BCUT2D eigenvalue weighted by Gasteiger charge is -1.90. The molecule has 1 rings (SSSR count). The van der Waals surface area contributed by atoms with Crippen molar-refractivity contribution >= 4 is 0 Å². The zero-order chi connectivity index (χ0) is 7.40.